The molecule has 0 saturated carbocycles. The maximum absolute atomic E-state index is 12.6. The SMILES string of the molecule is CN(CCC(=O)N1CCc2occc2C1C(=O)O)c1ccncc1. The van der Waals surface area contributed by atoms with Gasteiger partial charge in [-0.15, -0.1) is 0 Å². The summed E-state index contributed by atoms with van der Waals surface area (Å²) in [5.74, 6) is -0.552. The highest BCUT2D eigenvalue weighted by Crippen LogP contribution is 2.31. The second kappa shape index (κ2) is 6.74. The predicted molar refractivity (Wildman–Crippen MR) is 86.6 cm³/mol. The van der Waals surface area contributed by atoms with Crippen LogP contribution in [0.4, 0.5) is 5.69 Å². The van der Waals surface area contributed by atoms with Crippen LogP contribution in [-0.2, 0) is 16.0 Å². The Kier molecular flexibility index (Phi) is 4.50. The standard InChI is InChI=1S/C17H19N3O4/c1-19(12-2-7-18-8-3-12)9-5-15(21)20-10-4-14-13(6-11-24-14)16(20)17(22)23/h2-3,6-8,11,16H,4-5,9-10H2,1H3,(H,22,23). The molecule has 0 aliphatic carbocycles. The molecule has 7 nitrogen and oxygen atoms in total. The van der Waals surface area contributed by atoms with Gasteiger partial charge in [-0.25, -0.2) is 4.79 Å². The Bertz CT molecular complexity index is 728. The van der Waals surface area contributed by atoms with E-state index in [1.807, 2.05) is 24.1 Å². The van der Waals surface area contributed by atoms with Crippen LogP contribution in [0.3, 0.4) is 0 Å². The minimum absolute atomic E-state index is 0.171. The van der Waals surface area contributed by atoms with Gasteiger partial charge >= 0.3 is 5.97 Å². The van der Waals surface area contributed by atoms with Gasteiger partial charge in [-0.3, -0.25) is 9.78 Å². The van der Waals surface area contributed by atoms with Gasteiger partial charge in [-0.1, -0.05) is 0 Å². The van der Waals surface area contributed by atoms with E-state index in [2.05, 4.69) is 4.98 Å². The van der Waals surface area contributed by atoms with Crippen LogP contribution >= 0.6 is 0 Å². The highest BCUT2D eigenvalue weighted by Gasteiger charge is 2.37. The van der Waals surface area contributed by atoms with Crippen molar-refractivity contribution in [3.8, 4) is 0 Å². The molecule has 0 saturated heterocycles. The number of hydrogen-bond acceptors (Lipinski definition) is 5. The summed E-state index contributed by atoms with van der Waals surface area (Å²) in [5.41, 5.74) is 1.54. The summed E-state index contributed by atoms with van der Waals surface area (Å²) in [5, 5.41) is 9.53. The van der Waals surface area contributed by atoms with E-state index >= 15 is 0 Å². The van der Waals surface area contributed by atoms with E-state index in [0.29, 0.717) is 30.8 Å². The molecule has 1 unspecified atom stereocenters. The van der Waals surface area contributed by atoms with Crippen molar-refractivity contribution < 1.29 is 19.1 Å². The highest BCUT2D eigenvalue weighted by molar-refractivity contribution is 5.85. The molecule has 0 bridgehead atoms. The van der Waals surface area contributed by atoms with Gasteiger partial charge in [0.2, 0.25) is 5.91 Å². The van der Waals surface area contributed by atoms with Gasteiger partial charge in [-0.2, -0.15) is 0 Å². The third-order valence-electron chi connectivity index (χ3n) is 4.28. The van der Waals surface area contributed by atoms with Gasteiger partial charge in [0.15, 0.2) is 6.04 Å². The van der Waals surface area contributed by atoms with Gasteiger partial charge in [0.05, 0.1) is 6.26 Å². The van der Waals surface area contributed by atoms with Gasteiger partial charge in [0.1, 0.15) is 5.76 Å². The largest absolute Gasteiger partial charge is 0.479 e. The summed E-state index contributed by atoms with van der Waals surface area (Å²) in [7, 11) is 1.89. The van der Waals surface area contributed by atoms with Crippen LogP contribution in [0.15, 0.2) is 41.3 Å². The summed E-state index contributed by atoms with van der Waals surface area (Å²) in [6.45, 7) is 0.860. The maximum Gasteiger partial charge on any atom is 0.331 e. The number of aliphatic carboxylic acids is 1. The number of carbonyl (C=O) groups excluding carboxylic acids is 1. The first-order valence-corrected chi connectivity index (χ1v) is 7.77. The molecule has 3 rings (SSSR count). The number of carbonyl (C=O) groups is 2. The molecule has 126 valence electrons. The number of nitrogens with zero attached hydrogens (tertiary/aromatic N) is 3. The molecule has 0 aromatic carbocycles. The van der Waals surface area contributed by atoms with E-state index in [-0.39, 0.29) is 12.3 Å². The number of furan rings is 1. The van der Waals surface area contributed by atoms with E-state index in [9.17, 15) is 14.7 Å². The Labute approximate surface area is 139 Å². The zero-order valence-electron chi connectivity index (χ0n) is 13.4. The van der Waals surface area contributed by atoms with Gasteiger partial charge < -0.3 is 19.3 Å². The molecule has 1 amide bonds. The first kappa shape index (κ1) is 16.0. The smallest absolute Gasteiger partial charge is 0.331 e. The van der Waals surface area contributed by atoms with Crippen molar-refractivity contribution in [3.63, 3.8) is 0 Å². The van der Waals surface area contributed by atoms with Crippen molar-refractivity contribution in [1.82, 2.24) is 9.88 Å². The molecule has 1 atom stereocenters. The Balaban J connectivity index is 1.67. The fourth-order valence-electron chi connectivity index (χ4n) is 2.99. The second-order valence-corrected chi connectivity index (χ2v) is 5.75. The van der Waals surface area contributed by atoms with Crippen molar-refractivity contribution in [1.29, 1.82) is 0 Å². The Morgan fingerprint density at radius 1 is 1.38 bits per heavy atom. The first-order chi connectivity index (χ1) is 11.6. The lowest BCUT2D eigenvalue weighted by atomic mass is 9.99. The van der Waals surface area contributed by atoms with E-state index in [0.717, 1.165) is 5.69 Å². The van der Waals surface area contributed by atoms with Crippen molar-refractivity contribution in [2.45, 2.75) is 18.9 Å². The third kappa shape index (κ3) is 3.10. The summed E-state index contributed by atoms with van der Waals surface area (Å²) < 4.78 is 5.31. The number of hydrogen-bond donors (Lipinski definition) is 1. The van der Waals surface area contributed by atoms with E-state index in [1.54, 1.807) is 18.5 Å². The summed E-state index contributed by atoms with van der Waals surface area (Å²) in [4.78, 5) is 31.6. The molecule has 24 heavy (non-hydrogen) atoms. The summed E-state index contributed by atoms with van der Waals surface area (Å²) >= 11 is 0. The molecule has 0 spiro atoms. The molecule has 7 heteroatoms. The van der Waals surface area contributed by atoms with Crippen molar-refractivity contribution in [2.75, 3.05) is 25.0 Å². The van der Waals surface area contributed by atoms with E-state index < -0.39 is 12.0 Å². The van der Waals surface area contributed by atoms with E-state index in [4.69, 9.17) is 4.42 Å². The number of carboxylic acids is 1. The van der Waals surface area contributed by atoms with Crippen LogP contribution in [0, 0.1) is 0 Å². The van der Waals surface area contributed by atoms with Crippen LogP contribution in [0.5, 0.6) is 0 Å². The number of pyridine rings is 1. The van der Waals surface area contributed by atoms with Gasteiger partial charge in [0.25, 0.3) is 0 Å². The summed E-state index contributed by atoms with van der Waals surface area (Å²) in [6, 6.07) is 4.40. The maximum atomic E-state index is 12.6. The van der Waals surface area contributed by atoms with Crippen molar-refractivity contribution in [3.05, 3.63) is 48.2 Å². The molecule has 1 aliphatic rings. The van der Waals surface area contributed by atoms with Crippen LogP contribution in [0.25, 0.3) is 0 Å². The third-order valence-corrected chi connectivity index (χ3v) is 4.28. The lowest BCUT2D eigenvalue weighted by Crippen LogP contribution is -2.44. The molecular formula is C17H19N3O4. The minimum Gasteiger partial charge on any atom is -0.479 e. The molecule has 0 radical (unpaired) electrons. The molecule has 0 fully saturated rings. The number of carboxylic acid groups (broad SMARTS) is 1. The summed E-state index contributed by atoms with van der Waals surface area (Å²) in [6.07, 6.45) is 5.65. The number of aromatic nitrogens is 1. The number of anilines is 1. The molecule has 3 heterocycles. The Morgan fingerprint density at radius 2 is 2.12 bits per heavy atom. The fourth-order valence-corrected chi connectivity index (χ4v) is 2.99. The number of rotatable bonds is 5. The lowest BCUT2D eigenvalue weighted by Gasteiger charge is -2.33. The number of fused-ring (bicyclic) bond motifs is 1. The van der Waals surface area contributed by atoms with E-state index in [1.165, 1.54) is 11.2 Å². The quantitative estimate of drug-likeness (QED) is 0.898. The topological polar surface area (TPSA) is 86.9 Å². The van der Waals surface area contributed by atoms with Crippen LogP contribution in [0.1, 0.15) is 23.8 Å². The van der Waals surface area contributed by atoms with Crippen LogP contribution in [0.2, 0.25) is 0 Å². The van der Waals surface area contributed by atoms with Crippen LogP contribution in [-0.4, -0.2) is 47.0 Å². The average Bonchev–Trinajstić information content (AvgIpc) is 3.07. The van der Waals surface area contributed by atoms with Crippen molar-refractivity contribution >= 4 is 17.6 Å². The average molecular weight is 329 g/mol. The minimum atomic E-state index is -1.03. The Morgan fingerprint density at radius 3 is 2.83 bits per heavy atom. The predicted octanol–water partition coefficient (Wildman–Crippen LogP) is 1.71. The van der Waals surface area contributed by atoms with Crippen LogP contribution < -0.4 is 4.90 Å². The van der Waals surface area contributed by atoms with Crippen molar-refractivity contribution in [2.24, 2.45) is 0 Å². The molecule has 1 N–H and O–H groups in total. The normalized spacial score (nSPS) is 16.5. The molecular weight excluding hydrogens is 310 g/mol. The lowest BCUT2D eigenvalue weighted by molar-refractivity contribution is -0.151. The monoisotopic (exact) mass is 329 g/mol. The molecule has 1 aliphatic heterocycles. The molecule has 2 aromatic rings. The molecule has 2 aromatic heterocycles. The van der Waals surface area contributed by atoms with Gasteiger partial charge in [0, 0.05) is 56.6 Å². The first-order valence-electron chi connectivity index (χ1n) is 7.77. The fraction of sp³-hybridized carbons (Fsp3) is 0.353. The Hall–Kier alpha value is -2.83. The number of amides is 1. The highest BCUT2D eigenvalue weighted by atomic mass is 16.4. The zero-order chi connectivity index (χ0) is 17.1. The zero-order valence-corrected chi connectivity index (χ0v) is 13.4. The second-order valence-electron chi connectivity index (χ2n) is 5.75. The van der Waals surface area contributed by atoms with Gasteiger partial charge in [-0.05, 0) is 18.2 Å².